The Kier molecular flexibility index (Phi) is 5.63. The summed E-state index contributed by atoms with van der Waals surface area (Å²) in [5.74, 6) is -1.52. The SMILES string of the molecule is CC(C)C[C@H](NC(=O)c1c(Cl)cccc1Cl)C(=O)O. The van der Waals surface area contributed by atoms with E-state index in [0.717, 1.165) is 0 Å². The van der Waals surface area contributed by atoms with Crippen molar-refractivity contribution in [2.45, 2.75) is 26.3 Å². The molecule has 0 aliphatic heterocycles. The second-order valence-corrected chi connectivity index (χ2v) is 5.40. The Morgan fingerprint density at radius 1 is 1.26 bits per heavy atom. The van der Waals surface area contributed by atoms with E-state index in [1.807, 2.05) is 13.8 Å². The maximum atomic E-state index is 12.0. The normalized spacial score (nSPS) is 12.3. The summed E-state index contributed by atoms with van der Waals surface area (Å²) in [5.41, 5.74) is 0.0980. The fraction of sp³-hybridized carbons (Fsp3) is 0.385. The zero-order valence-corrected chi connectivity index (χ0v) is 12.1. The quantitative estimate of drug-likeness (QED) is 0.877. The summed E-state index contributed by atoms with van der Waals surface area (Å²) in [4.78, 5) is 23.1. The van der Waals surface area contributed by atoms with E-state index in [2.05, 4.69) is 5.32 Å². The van der Waals surface area contributed by atoms with Crippen LogP contribution in [-0.2, 0) is 4.79 Å². The van der Waals surface area contributed by atoms with Crippen molar-refractivity contribution in [1.82, 2.24) is 5.32 Å². The fourth-order valence-electron chi connectivity index (χ4n) is 1.64. The number of aliphatic carboxylic acids is 1. The molecule has 0 aliphatic carbocycles. The summed E-state index contributed by atoms with van der Waals surface area (Å²) in [7, 11) is 0. The number of carbonyl (C=O) groups is 2. The van der Waals surface area contributed by atoms with Crippen LogP contribution < -0.4 is 5.32 Å². The number of halogens is 2. The molecule has 1 rings (SSSR count). The van der Waals surface area contributed by atoms with Crippen molar-refractivity contribution in [3.05, 3.63) is 33.8 Å². The summed E-state index contributed by atoms with van der Waals surface area (Å²) in [5, 5.41) is 11.9. The van der Waals surface area contributed by atoms with E-state index in [-0.39, 0.29) is 21.5 Å². The lowest BCUT2D eigenvalue weighted by molar-refractivity contribution is -0.139. The topological polar surface area (TPSA) is 66.4 Å². The maximum absolute atomic E-state index is 12.0. The van der Waals surface area contributed by atoms with Crippen LogP contribution in [0.1, 0.15) is 30.6 Å². The summed E-state index contributed by atoms with van der Waals surface area (Å²) in [6, 6.07) is 3.71. The zero-order valence-electron chi connectivity index (χ0n) is 10.6. The molecule has 0 saturated heterocycles. The van der Waals surface area contributed by atoms with Crippen molar-refractivity contribution >= 4 is 35.1 Å². The van der Waals surface area contributed by atoms with Gasteiger partial charge in [0.2, 0.25) is 0 Å². The van der Waals surface area contributed by atoms with Crippen LogP contribution in [0.5, 0.6) is 0 Å². The van der Waals surface area contributed by atoms with Crippen molar-refractivity contribution in [1.29, 1.82) is 0 Å². The molecule has 4 nitrogen and oxygen atoms in total. The van der Waals surface area contributed by atoms with Crippen LogP contribution in [-0.4, -0.2) is 23.0 Å². The molecule has 0 heterocycles. The molecule has 1 aromatic rings. The number of amides is 1. The predicted molar refractivity (Wildman–Crippen MR) is 74.8 cm³/mol. The highest BCUT2D eigenvalue weighted by atomic mass is 35.5. The van der Waals surface area contributed by atoms with Gasteiger partial charge in [-0.2, -0.15) is 0 Å². The van der Waals surface area contributed by atoms with Crippen molar-refractivity contribution in [2.24, 2.45) is 5.92 Å². The highest BCUT2D eigenvalue weighted by Crippen LogP contribution is 2.24. The minimum absolute atomic E-state index is 0.0980. The van der Waals surface area contributed by atoms with E-state index in [1.165, 1.54) is 12.1 Å². The van der Waals surface area contributed by atoms with E-state index < -0.39 is 17.9 Å². The van der Waals surface area contributed by atoms with Crippen molar-refractivity contribution in [2.75, 3.05) is 0 Å². The van der Waals surface area contributed by atoms with Crippen LogP contribution in [0, 0.1) is 5.92 Å². The number of rotatable bonds is 5. The Hall–Kier alpha value is -1.26. The Balaban J connectivity index is 2.91. The Bertz CT molecular complexity index is 469. The maximum Gasteiger partial charge on any atom is 0.326 e. The molecule has 0 spiro atoms. The van der Waals surface area contributed by atoms with Gasteiger partial charge in [0.05, 0.1) is 15.6 Å². The van der Waals surface area contributed by atoms with Crippen LogP contribution in [0.25, 0.3) is 0 Å². The molecule has 19 heavy (non-hydrogen) atoms. The van der Waals surface area contributed by atoms with Gasteiger partial charge in [-0.05, 0) is 24.5 Å². The van der Waals surface area contributed by atoms with Gasteiger partial charge in [-0.1, -0.05) is 43.1 Å². The van der Waals surface area contributed by atoms with Crippen molar-refractivity contribution in [3.8, 4) is 0 Å². The summed E-state index contributed by atoms with van der Waals surface area (Å²) in [6.07, 6.45) is 0.336. The molecule has 0 radical (unpaired) electrons. The Morgan fingerprint density at radius 2 is 1.79 bits per heavy atom. The first-order valence-corrected chi connectivity index (χ1v) is 6.56. The molecule has 0 saturated carbocycles. The first-order valence-electron chi connectivity index (χ1n) is 5.80. The summed E-state index contributed by atoms with van der Waals surface area (Å²) < 4.78 is 0. The molecular formula is C13H15Cl2NO3. The van der Waals surface area contributed by atoms with Crippen molar-refractivity contribution < 1.29 is 14.7 Å². The van der Waals surface area contributed by atoms with Gasteiger partial charge in [0.25, 0.3) is 5.91 Å². The molecule has 1 amide bonds. The molecule has 2 N–H and O–H groups in total. The van der Waals surface area contributed by atoms with Gasteiger partial charge in [0.15, 0.2) is 0 Å². The molecule has 6 heteroatoms. The van der Waals surface area contributed by atoms with Gasteiger partial charge in [-0.25, -0.2) is 4.79 Å². The largest absolute Gasteiger partial charge is 0.480 e. The highest BCUT2D eigenvalue weighted by molar-refractivity contribution is 6.39. The Labute approximate surface area is 121 Å². The zero-order chi connectivity index (χ0) is 14.6. The Morgan fingerprint density at radius 3 is 2.21 bits per heavy atom. The lowest BCUT2D eigenvalue weighted by Crippen LogP contribution is -2.41. The van der Waals surface area contributed by atoms with E-state index in [4.69, 9.17) is 28.3 Å². The minimum atomic E-state index is -1.08. The van der Waals surface area contributed by atoms with E-state index >= 15 is 0 Å². The number of nitrogens with one attached hydrogen (secondary N) is 1. The van der Waals surface area contributed by atoms with Gasteiger partial charge in [0.1, 0.15) is 6.04 Å². The number of benzene rings is 1. The lowest BCUT2D eigenvalue weighted by Gasteiger charge is -2.17. The van der Waals surface area contributed by atoms with Gasteiger partial charge >= 0.3 is 5.97 Å². The smallest absolute Gasteiger partial charge is 0.326 e. The van der Waals surface area contributed by atoms with Gasteiger partial charge in [-0.3, -0.25) is 4.79 Å². The van der Waals surface area contributed by atoms with Crippen LogP contribution in [0.3, 0.4) is 0 Å². The van der Waals surface area contributed by atoms with Gasteiger partial charge in [0, 0.05) is 0 Å². The number of hydrogen-bond acceptors (Lipinski definition) is 2. The van der Waals surface area contributed by atoms with Crippen LogP contribution >= 0.6 is 23.2 Å². The van der Waals surface area contributed by atoms with Crippen LogP contribution in [0.15, 0.2) is 18.2 Å². The molecule has 0 bridgehead atoms. The molecule has 0 aromatic heterocycles. The number of hydrogen-bond donors (Lipinski definition) is 2. The number of carboxylic acid groups (broad SMARTS) is 1. The molecule has 0 fully saturated rings. The van der Waals surface area contributed by atoms with Gasteiger partial charge < -0.3 is 10.4 Å². The predicted octanol–water partition coefficient (Wildman–Crippen LogP) is 3.22. The standard InChI is InChI=1S/C13H15Cl2NO3/c1-7(2)6-10(13(18)19)16-12(17)11-8(14)4-3-5-9(11)15/h3-5,7,10H,6H2,1-2H3,(H,16,17)(H,18,19)/t10-/m0/s1. The first-order chi connectivity index (χ1) is 8.82. The molecule has 1 atom stereocenters. The number of carboxylic acids is 1. The number of carbonyl (C=O) groups excluding carboxylic acids is 1. The van der Waals surface area contributed by atoms with E-state index in [1.54, 1.807) is 6.07 Å². The highest BCUT2D eigenvalue weighted by Gasteiger charge is 2.23. The summed E-state index contributed by atoms with van der Waals surface area (Å²) in [6.45, 7) is 3.76. The van der Waals surface area contributed by atoms with E-state index in [9.17, 15) is 9.59 Å². The molecule has 104 valence electrons. The molecular weight excluding hydrogens is 289 g/mol. The second-order valence-electron chi connectivity index (χ2n) is 4.59. The van der Waals surface area contributed by atoms with Crippen LogP contribution in [0.4, 0.5) is 0 Å². The average molecular weight is 304 g/mol. The minimum Gasteiger partial charge on any atom is -0.480 e. The first kappa shape index (κ1) is 15.8. The average Bonchev–Trinajstić information content (AvgIpc) is 2.27. The van der Waals surface area contributed by atoms with E-state index in [0.29, 0.717) is 6.42 Å². The molecule has 1 aromatic carbocycles. The summed E-state index contributed by atoms with van der Waals surface area (Å²) >= 11 is 11.8. The van der Waals surface area contributed by atoms with Crippen LogP contribution in [0.2, 0.25) is 10.0 Å². The third-order valence-electron chi connectivity index (χ3n) is 2.50. The monoisotopic (exact) mass is 303 g/mol. The van der Waals surface area contributed by atoms with Crippen molar-refractivity contribution in [3.63, 3.8) is 0 Å². The second kappa shape index (κ2) is 6.78. The van der Waals surface area contributed by atoms with Gasteiger partial charge in [-0.15, -0.1) is 0 Å². The third kappa shape index (κ3) is 4.40. The molecule has 0 unspecified atom stereocenters. The third-order valence-corrected chi connectivity index (χ3v) is 3.13. The lowest BCUT2D eigenvalue weighted by atomic mass is 10.0. The molecule has 0 aliphatic rings. The fourth-order valence-corrected chi connectivity index (χ4v) is 2.21.